The Morgan fingerprint density at radius 3 is 2.31 bits per heavy atom. The van der Waals surface area contributed by atoms with Crippen LogP contribution in [0, 0.1) is 0 Å². The van der Waals surface area contributed by atoms with Gasteiger partial charge < -0.3 is 4.98 Å². The van der Waals surface area contributed by atoms with Crippen molar-refractivity contribution in [2.75, 3.05) is 6.54 Å². The summed E-state index contributed by atoms with van der Waals surface area (Å²) in [7, 11) is -4.00. The quantitative estimate of drug-likeness (QED) is 0.328. The molecule has 2 heterocycles. The molecule has 162 valence electrons. The number of H-pyrrole nitrogens is 1. The average molecular weight is 448 g/mol. The molecule has 0 saturated carbocycles. The van der Waals surface area contributed by atoms with Crippen molar-refractivity contribution in [1.29, 1.82) is 0 Å². The highest BCUT2D eigenvalue weighted by Gasteiger charge is 2.42. The Hall–Kier alpha value is -3.46. The van der Waals surface area contributed by atoms with E-state index < -0.39 is 22.0 Å². The molecule has 5 rings (SSSR count). The van der Waals surface area contributed by atoms with Gasteiger partial charge in [-0.1, -0.05) is 60.7 Å². The number of para-hydroxylation sites is 1. The number of hydroxylamine groups is 1. The monoisotopic (exact) mass is 447 g/mol. The number of hydrogen-bond acceptors (Lipinski definition) is 4. The number of benzene rings is 3. The van der Waals surface area contributed by atoms with E-state index in [0.717, 1.165) is 31.9 Å². The van der Waals surface area contributed by atoms with Gasteiger partial charge in [0.2, 0.25) is 10.0 Å². The van der Waals surface area contributed by atoms with Crippen LogP contribution in [0.4, 0.5) is 0 Å². The van der Waals surface area contributed by atoms with E-state index in [1.54, 1.807) is 29.7 Å². The molecule has 8 heteroatoms. The molecule has 0 radical (unpaired) electrons. The highest BCUT2D eigenvalue weighted by Crippen LogP contribution is 2.38. The molecule has 1 aromatic heterocycles. The van der Waals surface area contributed by atoms with Crippen LogP contribution < -0.4 is 5.48 Å². The molecule has 3 aromatic carbocycles. The number of nitrogens with one attached hydrogen (secondary N) is 2. The summed E-state index contributed by atoms with van der Waals surface area (Å²) in [6.07, 6.45) is 0.454. The third-order valence-corrected chi connectivity index (χ3v) is 7.80. The molecule has 0 bridgehead atoms. The maximum Gasteiger partial charge on any atom is 0.267 e. The largest absolute Gasteiger partial charge is 0.356 e. The van der Waals surface area contributed by atoms with E-state index in [1.165, 1.54) is 0 Å². The fourth-order valence-electron chi connectivity index (χ4n) is 4.39. The first kappa shape index (κ1) is 20.4. The Balaban J connectivity index is 1.56. The molecular weight excluding hydrogens is 426 g/mol. The second-order valence-electron chi connectivity index (χ2n) is 7.70. The minimum Gasteiger partial charge on any atom is -0.356 e. The van der Waals surface area contributed by atoms with Crippen molar-refractivity contribution in [3.05, 3.63) is 90.1 Å². The maximum atomic E-state index is 13.5. The van der Waals surface area contributed by atoms with E-state index in [4.69, 9.17) is 0 Å². The standard InChI is InChI=1S/C24H21N3O4S/c28-24(26-29)23-22-20(19-8-4-5-9-21(19)25-22)14-15-27(23)32(30,31)18-12-10-17(11-13-18)16-6-2-1-3-7-16/h1-13,23,25,29H,14-15H2,(H,26,28). The Bertz CT molecular complexity index is 1400. The molecule has 1 aliphatic heterocycles. The minimum absolute atomic E-state index is 0.0903. The summed E-state index contributed by atoms with van der Waals surface area (Å²) < 4.78 is 28.2. The van der Waals surface area contributed by atoms with Crippen molar-refractivity contribution < 1.29 is 18.4 Å². The zero-order chi connectivity index (χ0) is 22.3. The number of carbonyl (C=O) groups is 1. The van der Waals surface area contributed by atoms with E-state index in [-0.39, 0.29) is 11.4 Å². The lowest BCUT2D eigenvalue weighted by molar-refractivity contribution is -0.133. The SMILES string of the molecule is O=C(NO)C1c2[nH]c3ccccc3c2CCN1S(=O)(=O)c1ccc(-c2ccccc2)cc1. The summed E-state index contributed by atoms with van der Waals surface area (Å²) in [5.74, 6) is -0.804. The molecule has 4 aromatic rings. The van der Waals surface area contributed by atoms with Gasteiger partial charge in [0.1, 0.15) is 6.04 Å². The molecule has 3 N–H and O–H groups in total. The lowest BCUT2D eigenvalue weighted by Crippen LogP contribution is -2.46. The van der Waals surface area contributed by atoms with Crippen LogP contribution in [0.25, 0.3) is 22.0 Å². The zero-order valence-electron chi connectivity index (χ0n) is 17.0. The van der Waals surface area contributed by atoms with Crippen LogP contribution in [0.15, 0.2) is 83.8 Å². The second kappa shape index (κ2) is 7.90. The molecular formula is C24H21N3O4S. The van der Waals surface area contributed by atoms with E-state index >= 15 is 0 Å². The highest BCUT2D eigenvalue weighted by atomic mass is 32.2. The Labute approximate surface area is 185 Å². The number of carbonyl (C=O) groups excluding carboxylic acids is 1. The van der Waals surface area contributed by atoms with Gasteiger partial charge in [-0.3, -0.25) is 10.0 Å². The van der Waals surface area contributed by atoms with E-state index in [2.05, 4.69) is 4.98 Å². The number of fused-ring (bicyclic) bond motifs is 3. The summed E-state index contributed by atoms with van der Waals surface area (Å²) in [5.41, 5.74) is 5.70. The molecule has 32 heavy (non-hydrogen) atoms. The van der Waals surface area contributed by atoms with Gasteiger partial charge >= 0.3 is 0 Å². The predicted molar refractivity (Wildman–Crippen MR) is 120 cm³/mol. The summed E-state index contributed by atoms with van der Waals surface area (Å²) in [5, 5.41) is 10.3. The van der Waals surface area contributed by atoms with Crippen molar-refractivity contribution in [3.63, 3.8) is 0 Å². The number of rotatable bonds is 4. The van der Waals surface area contributed by atoms with E-state index in [1.807, 2.05) is 54.6 Å². The number of aromatic nitrogens is 1. The number of nitrogens with zero attached hydrogens (tertiary/aromatic N) is 1. The third-order valence-electron chi connectivity index (χ3n) is 5.92. The van der Waals surface area contributed by atoms with Crippen LogP contribution in [0.5, 0.6) is 0 Å². The number of hydrogen-bond donors (Lipinski definition) is 3. The van der Waals surface area contributed by atoms with Crippen LogP contribution >= 0.6 is 0 Å². The third kappa shape index (κ3) is 3.29. The average Bonchev–Trinajstić information content (AvgIpc) is 3.22. The zero-order valence-corrected chi connectivity index (χ0v) is 17.8. The number of sulfonamides is 1. The molecule has 0 saturated heterocycles. The van der Waals surface area contributed by atoms with Gasteiger partial charge in [0.05, 0.1) is 4.90 Å². The van der Waals surface area contributed by atoms with E-state index in [9.17, 15) is 18.4 Å². The molecule has 1 atom stereocenters. The molecule has 1 unspecified atom stereocenters. The normalized spacial score (nSPS) is 16.6. The first-order chi connectivity index (χ1) is 15.5. The van der Waals surface area contributed by atoms with Gasteiger partial charge in [-0.05, 0) is 41.3 Å². The second-order valence-corrected chi connectivity index (χ2v) is 9.59. The lowest BCUT2D eigenvalue weighted by Gasteiger charge is -2.33. The molecule has 1 aliphatic rings. The predicted octanol–water partition coefficient (Wildman–Crippen LogP) is 3.63. The summed E-state index contributed by atoms with van der Waals surface area (Å²) in [4.78, 5) is 15.9. The fourth-order valence-corrected chi connectivity index (χ4v) is 5.95. The molecule has 1 amide bonds. The molecule has 0 aliphatic carbocycles. The smallest absolute Gasteiger partial charge is 0.267 e. The Kier molecular flexibility index (Phi) is 5.05. The van der Waals surface area contributed by atoms with Crippen molar-refractivity contribution in [2.45, 2.75) is 17.4 Å². The van der Waals surface area contributed by atoms with Crippen molar-refractivity contribution in [3.8, 4) is 11.1 Å². The first-order valence-corrected chi connectivity index (χ1v) is 11.7. The Morgan fingerprint density at radius 2 is 1.59 bits per heavy atom. The summed E-state index contributed by atoms with van der Waals surface area (Å²) in [6.45, 7) is 0.121. The number of aromatic amines is 1. The molecule has 0 fully saturated rings. The lowest BCUT2D eigenvalue weighted by atomic mass is 9.99. The van der Waals surface area contributed by atoms with Gasteiger partial charge in [-0.2, -0.15) is 4.31 Å². The summed E-state index contributed by atoms with van der Waals surface area (Å²) >= 11 is 0. The van der Waals surface area contributed by atoms with Crippen LogP contribution in [0.3, 0.4) is 0 Å². The minimum atomic E-state index is -4.00. The van der Waals surface area contributed by atoms with Crippen LogP contribution in [0.2, 0.25) is 0 Å². The van der Waals surface area contributed by atoms with Crippen LogP contribution in [0.1, 0.15) is 17.3 Å². The molecule has 0 spiro atoms. The van der Waals surface area contributed by atoms with Crippen molar-refractivity contribution in [1.82, 2.24) is 14.8 Å². The number of amides is 1. The topological polar surface area (TPSA) is 102 Å². The molecule has 7 nitrogen and oxygen atoms in total. The van der Waals surface area contributed by atoms with Crippen LogP contribution in [-0.4, -0.2) is 35.4 Å². The van der Waals surface area contributed by atoms with E-state index in [0.29, 0.717) is 12.1 Å². The Morgan fingerprint density at radius 1 is 0.938 bits per heavy atom. The maximum absolute atomic E-state index is 13.5. The highest BCUT2D eigenvalue weighted by molar-refractivity contribution is 7.89. The summed E-state index contributed by atoms with van der Waals surface area (Å²) in [6, 6.07) is 22.6. The van der Waals surface area contributed by atoms with Gasteiger partial charge in [-0.25, -0.2) is 13.9 Å². The van der Waals surface area contributed by atoms with Gasteiger partial charge in [0.25, 0.3) is 5.91 Å². The van der Waals surface area contributed by atoms with Crippen molar-refractivity contribution in [2.24, 2.45) is 0 Å². The first-order valence-electron chi connectivity index (χ1n) is 10.2. The van der Waals surface area contributed by atoms with Crippen LogP contribution in [-0.2, 0) is 21.2 Å². The van der Waals surface area contributed by atoms with Gasteiger partial charge in [0.15, 0.2) is 0 Å². The fraction of sp³-hybridized carbons (Fsp3) is 0.125. The van der Waals surface area contributed by atoms with Crippen molar-refractivity contribution >= 4 is 26.8 Å². The van der Waals surface area contributed by atoms with Gasteiger partial charge in [0, 0.05) is 23.1 Å². The van der Waals surface area contributed by atoms with Gasteiger partial charge in [-0.15, -0.1) is 0 Å².